The minimum absolute atomic E-state index is 0.261. The largest absolute Gasteiger partial charge is 0.497 e. The van der Waals surface area contributed by atoms with E-state index in [-0.39, 0.29) is 5.56 Å². The van der Waals surface area contributed by atoms with E-state index in [0.717, 1.165) is 0 Å². The second kappa shape index (κ2) is 7.73. The number of carbonyl (C=O) groups is 1. The zero-order chi connectivity index (χ0) is 16.8. The first-order chi connectivity index (χ1) is 11.0. The van der Waals surface area contributed by atoms with Gasteiger partial charge < -0.3 is 9.47 Å². The molecular formula is C16H14BrFN2O3. The van der Waals surface area contributed by atoms with Crippen molar-refractivity contribution in [1.82, 2.24) is 5.43 Å². The van der Waals surface area contributed by atoms with Crippen molar-refractivity contribution in [2.45, 2.75) is 0 Å². The van der Waals surface area contributed by atoms with Gasteiger partial charge in [0, 0.05) is 21.7 Å². The molecule has 0 aliphatic rings. The van der Waals surface area contributed by atoms with Crippen LogP contribution in [0.15, 0.2) is 46.0 Å². The van der Waals surface area contributed by atoms with Crippen molar-refractivity contribution in [2.75, 3.05) is 14.2 Å². The van der Waals surface area contributed by atoms with E-state index in [1.165, 1.54) is 26.5 Å². The Hall–Kier alpha value is -2.41. The molecule has 0 saturated carbocycles. The van der Waals surface area contributed by atoms with Crippen LogP contribution in [-0.4, -0.2) is 26.3 Å². The summed E-state index contributed by atoms with van der Waals surface area (Å²) in [5.41, 5.74) is 2.91. The van der Waals surface area contributed by atoms with E-state index in [2.05, 4.69) is 26.5 Å². The first-order valence-electron chi connectivity index (χ1n) is 6.55. The first-order valence-corrected chi connectivity index (χ1v) is 7.34. The first kappa shape index (κ1) is 17.0. The van der Waals surface area contributed by atoms with Crippen LogP contribution in [0.4, 0.5) is 4.39 Å². The number of nitrogens with zero attached hydrogens (tertiary/aromatic N) is 1. The maximum atomic E-state index is 13.6. The molecule has 0 heterocycles. The van der Waals surface area contributed by atoms with Crippen LogP contribution in [0.3, 0.4) is 0 Å². The standard InChI is InChI=1S/C16H14BrFN2O3/c1-22-13-5-11(6-14(8-13)23-2)16(21)20-19-9-10-3-4-12(17)7-15(10)18/h3-9H,1-2H3,(H,20,21)/b19-9-. The summed E-state index contributed by atoms with van der Waals surface area (Å²) in [4.78, 5) is 12.1. The maximum absolute atomic E-state index is 13.6. The number of hydrogen-bond donors (Lipinski definition) is 1. The minimum Gasteiger partial charge on any atom is -0.497 e. The number of hydrazone groups is 1. The van der Waals surface area contributed by atoms with Gasteiger partial charge in [-0.15, -0.1) is 0 Å². The summed E-state index contributed by atoms with van der Waals surface area (Å²) in [6.45, 7) is 0. The molecule has 1 N–H and O–H groups in total. The number of methoxy groups -OCH3 is 2. The minimum atomic E-state index is -0.462. The van der Waals surface area contributed by atoms with Gasteiger partial charge >= 0.3 is 0 Å². The second-order valence-corrected chi connectivity index (χ2v) is 5.38. The number of carbonyl (C=O) groups excluding carboxylic acids is 1. The summed E-state index contributed by atoms with van der Waals surface area (Å²) in [7, 11) is 2.98. The SMILES string of the molecule is COc1cc(OC)cc(C(=O)N/N=C\c2ccc(Br)cc2F)c1. The van der Waals surface area contributed by atoms with Crippen molar-refractivity contribution in [3.05, 3.63) is 57.8 Å². The summed E-state index contributed by atoms with van der Waals surface area (Å²) >= 11 is 3.17. The number of amides is 1. The molecule has 0 atom stereocenters. The average Bonchev–Trinajstić information content (AvgIpc) is 2.56. The summed E-state index contributed by atoms with van der Waals surface area (Å²) in [5, 5.41) is 3.76. The molecule has 2 rings (SSSR count). The molecule has 0 aliphatic carbocycles. The summed E-state index contributed by atoms with van der Waals surface area (Å²) < 4.78 is 24.4. The predicted molar refractivity (Wildman–Crippen MR) is 88.7 cm³/mol. The van der Waals surface area contributed by atoms with Gasteiger partial charge in [-0.25, -0.2) is 9.82 Å². The van der Waals surface area contributed by atoms with E-state index in [9.17, 15) is 9.18 Å². The molecule has 1 amide bonds. The van der Waals surface area contributed by atoms with Gasteiger partial charge in [-0.1, -0.05) is 15.9 Å². The zero-order valence-corrected chi connectivity index (χ0v) is 14.1. The molecule has 7 heteroatoms. The fourth-order valence-corrected chi connectivity index (χ4v) is 2.10. The Labute approximate surface area is 141 Å². The smallest absolute Gasteiger partial charge is 0.271 e. The summed E-state index contributed by atoms with van der Waals surface area (Å²) in [6.07, 6.45) is 1.23. The van der Waals surface area contributed by atoms with Crippen LogP contribution in [0.5, 0.6) is 11.5 Å². The Balaban J connectivity index is 2.11. The summed E-state index contributed by atoms with van der Waals surface area (Å²) in [6, 6.07) is 9.29. The monoisotopic (exact) mass is 380 g/mol. The van der Waals surface area contributed by atoms with Gasteiger partial charge in [-0.3, -0.25) is 4.79 Å². The molecule has 0 radical (unpaired) electrons. The van der Waals surface area contributed by atoms with E-state index in [4.69, 9.17) is 9.47 Å². The van der Waals surface area contributed by atoms with Gasteiger partial charge in [0.05, 0.1) is 20.4 Å². The molecule has 0 saturated heterocycles. The quantitative estimate of drug-likeness (QED) is 0.638. The van der Waals surface area contributed by atoms with Gasteiger partial charge in [-0.2, -0.15) is 5.10 Å². The number of ether oxygens (including phenoxy) is 2. The number of nitrogens with one attached hydrogen (secondary N) is 1. The van der Waals surface area contributed by atoms with Crippen LogP contribution in [0.2, 0.25) is 0 Å². The van der Waals surface area contributed by atoms with Gasteiger partial charge in [0.15, 0.2) is 0 Å². The topological polar surface area (TPSA) is 59.9 Å². The van der Waals surface area contributed by atoms with Crippen molar-refractivity contribution >= 4 is 28.1 Å². The number of rotatable bonds is 5. The van der Waals surface area contributed by atoms with E-state index >= 15 is 0 Å². The highest BCUT2D eigenvalue weighted by atomic mass is 79.9. The Kier molecular flexibility index (Phi) is 5.70. The van der Waals surface area contributed by atoms with E-state index < -0.39 is 11.7 Å². The van der Waals surface area contributed by atoms with Crippen LogP contribution in [0.25, 0.3) is 0 Å². The predicted octanol–water partition coefficient (Wildman–Crippen LogP) is 3.37. The molecule has 0 aromatic heterocycles. The Morgan fingerprint density at radius 1 is 1.17 bits per heavy atom. The lowest BCUT2D eigenvalue weighted by Gasteiger charge is -2.07. The van der Waals surface area contributed by atoms with Crippen LogP contribution in [0, 0.1) is 5.82 Å². The van der Waals surface area contributed by atoms with Crippen LogP contribution < -0.4 is 14.9 Å². The maximum Gasteiger partial charge on any atom is 0.271 e. The van der Waals surface area contributed by atoms with Gasteiger partial charge in [0.1, 0.15) is 17.3 Å². The van der Waals surface area contributed by atoms with Crippen LogP contribution in [-0.2, 0) is 0 Å². The lowest BCUT2D eigenvalue weighted by Crippen LogP contribution is -2.17. The highest BCUT2D eigenvalue weighted by molar-refractivity contribution is 9.10. The van der Waals surface area contributed by atoms with Crippen LogP contribution >= 0.6 is 15.9 Å². The number of benzene rings is 2. The molecular weight excluding hydrogens is 367 g/mol. The van der Waals surface area contributed by atoms with Gasteiger partial charge in [-0.05, 0) is 30.3 Å². The van der Waals surface area contributed by atoms with Crippen molar-refractivity contribution < 1.29 is 18.7 Å². The van der Waals surface area contributed by atoms with Crippen molar-refractivity contribution in [3.8, 4) is 11.5 Å². The molecule has 0 bridgehead atoms. The molecule has 0 spiro atoms. The summed E-state index contributed by atoms with van der Waals surface area (Å²) in [5.74, 6) is 0.0614. The molecule has 0 unspecified atom stereocenters. The fourth-order valence-electron chi connectivity index (χ4n) is 1.77. The van der Waals surface area contributed by atoms with Gasteiger partial charge in [0.25, 0.3) is 5.91 Å². The Bertz CT molecular complexity index is 728. The average molecular weight is 381 g/mol. The van der Waals surface area contributed by atoms with Gasteiger partial charge in [0.2, 0.25) is 0 Å². The Morgan fingerprint density at radius 3 is 2.39 bits per heavy atom. The molecule has 2 aromatic rings. The van der Waals surface area contributed by atoms with Crippen molar-refractivity contribution in [3.63, 3.8) is 0 Å². The second-order valence-electron chi connectivity index (χ2n) is 4.47. The van der Waals surface area contributed by atoms with E-state index in [1.54, 1.807) is 30.3 Å². The molecule has 2 aromatic carbocycles. The van der Waals surface area contributed by atoms with E-state index in [0.29, 0.717) is 21.5 Å². The molecule has 0 aliphatic heterocycles. The Morgan fingerprint density at radius 2 is 1.83 bits per heavy atom. The highest BCUT2D eigenvalue weighted by Crippen LogP contribution is 2.22. The third kappa shape index (κ3) is 4.53. The number of halogens is 2. The fraction of sp³-hybridized carbons (Fsp3) is 0.125. The zero-order valence-electron chi connectivity index (χ0n) is 12.5. The highest BCUT2D eigenvalue weighted by Gasteiger charge is 2.09. The molecule has 120 valence electrons. The van der Waals surface area contributed by atoms with E-state index in [1.807, 2.05) is 0 Å². The molecule has 0 fully saturated rings. The number of hydrogen-bond acceptors (Lipinski definition) is 4. The lowest BCUT2D eigenvalue weighted by molar-refractivity contribution is 0.0954. The molecule has 5 nitrogen and oxygen atoms in total. The normalized spacial score (nSPS) is 10.6. The van der Waals surface area contributed by atoms with Crippen molar-refractivity contribution in [2.24, 2.45) is 5.10 Å². The van der Waals surface area contributed by atoms with Crippen molar-refractivity contribution in [1.29, 1.82) is 0 Å². The van der Waals surface area contributed by atoms with Crippen LogP contribution in [0.1, 0.15) is 15.9 Å². The third-order valence-corrected chi connectivity index (χ3v) is 3.44. The third-order valence-electron chi connectivity index (χ3n) is 2.95. The lowest BCUT2D eigenvalue weighted by atomic mass is 10.2. The molecule has 23 heavy (non-hydrogen) atoms.